The number of hydrogen-bond donors (Lipinski definition) is 4. The first-order chi connectivity index (χ1) is 12.4. The summed E-state index contributed by atoms with van der Waals surface area (Å²) in [5.74, 6) is 0. The summed E-state index contributed by atoms with van der Waals surface area (Å²) < 4.78 is 31.6. The Hall–Kier alpha value is -1.24. The Morgan fingerprint density at radius 3 is 2.44 bits per heavy atom. The summed E-state index contributed by atoms with van der Waals surface area (Å²) in [5.41, 5.74) is 3.63. The predicted molar refractivity (Wildman–Crippen MR) is 105 cm³/mol. The average molecular weight is 419 g/mol. The Kier molecular flexibility index (Phi) is 9.12. The first-order valence-corrected chi connectivity index (χ1v) is 11.3. The molecule has 1 aromatic carbocycles. The van der Waals surface area contributed by atoms with Crippen LogP contribution in [0.4, 0.5) is 5.69 Å². The molecule has 0 aliphatic heterocycles. The van der Waals surface area contributed by atoms with Gasteiger partial charge in [0, 0.05) is 5.69 Å². The SMILES string of the molecule is CC(C)=CCC/C(C)=C/C(Nc1cccc(C)c1)OP(=O)(O)OP(=O)(O)O. The molecule has 0 aliphatic carbocycles. The van der Waals surface area contributed by atoms with E-state index in [2.05, 4.69) is 15.7 Å². The molecule has 0 saturated heterocycles. The third-order valence-electron chi connectivity index (χ3n) is 3.31. The lowest BCUT2D eigenvalue weighted by atomic mass is 10.1. The van der Waals surface area contributed by atoms with E-state index in [1.165, 1.54) is 5.57 Å². The minimum atomic E-state index is -5.19. The van der Waals surface area contributed by atoms with Crippen molar-refractivity contribution < 1.29 is 32.6 Å². The van der Waals surface area contributed by atoms with Gasteiger partial charge in [0.25, 0.3) is 0 Å². The second kappa shape index (κ2) is 10.3. The van der Waals surface area contributed by atoms with Crippen molar-refractivity contribution in [3.8, 4) is 0 Å². The van der Waals surface area contributed by atoms with Gasteiger partial charge in [0.05, 0.1) is 0 Å². The monoisotopic (exact) mass is 419 g/mol. The number of anilines is 1. The maximum absolute atomic E-state index is 11.9. The third-order valence-corrected chi connectivity index (χ3v) is 5.48. The summed E-state index contributed by atoms with van der Waals surface area (Å²) in [5, 5.41) is 2.91. The molecule has 0 aromatic heterocycles. The Morgan fingerprint density at radius 2 is 1.89 bits per heavy atom. The number of nitrogens with one attached hydrogen (secondary N) is 1. The van der Waals surface area contributed by atoms with Crippen LogP contribution in [0.25, 0.3) is 0 Å². The van der Waals surface area contributed by atoms with Crippen LogP contribution in [0.15, 0.2) is 47.6 Å². The number of allylic oxidation sites excluding steroid dienone is 3. The fourth-order valence-corrected chi connectivity index (χ4v) is 3.85. The van der Waals surface area contributed by atoms with Gasteiger partial charge in [-0.05, 0) is 64.3 Å². The lowest BCUT2D eigenvalue weighted by Gasteiger charge is -2.21. The van der Waals surface area contributed by atoms with Gasteiger partial charge in [-0.15, -0.1) is 0 Å². The molecule has 1 aromatic rings. The Morgan fingerprint density at radius 1 is 1.22 bits per heavy atom. The Labute approximate surface area is 159 Å². The molecule has 0 aliphatic rings. The summed E-state index contributed by atoms with van der Waals surface area (Å²) in [6, 6.07) is 7.22. The molecule has 152 valence electrons. The molecule has 1 rings (SSSR count). The lowest BCUT2D eigenvalue weighted by molar-refractivity contribution is 0.162. The fraction of sp³-hybridized carbons (Fsp3) is 0.412. The lowest BCUT2D eigenvalue weighted by Crippen LogP contribution is -2.20. The number of rotatable bonds is 10. The minimum absolute atomic E-state index is 0.615. The summed E-state index contributed by atoms with van der Waals surface area (Å²) in [6.07, 6.45) is 4.00. The van der Waals surface area contributed by atoms with Crippen molar-refractivity contribution in [2.24, 2.45) is 0 Å². The zero-order chi connectivity index (χ0) is 20.7. The third kappa shape index (κ3) is 11.3. The van der Waals surface area contributed by atoms with Gasteiger partial charge in [0.15, 0.2) is 6.23 Å². The molecule has 27 heavy (non-hydrogen) atoms. The summed E-state index contributed by atoms with van der Waals surface area (Å²) in [4.78, 5) is 27.2. The molecule has 4 N–H and O–H groups in total. The number of benzene rings is 1. The first kappa shape index (κ1) is 23.8. The molecule has 0 amide bonds. The summed E-state index contributed by atoms with van der Waals surface area (Å²) in [7, 11) is -10.2. The van der Waals surface area contributed by atoms with Gasteiger partial charge in [-0.3, -0.25) is 4.52 Å². The van der Waals surface area contributed by atoms with Crippen LogP contribution in [-0.2, 0) is 18.0 Å². The van der Waals surface area contributed by atoms with E-state index in [1.807, 2.05) is 33.8 Å². The second-order valence-electron chi connectivity index (χ2n) is 6.41. The van der Waals surface area contributed by atoms with E-state index >= 15 is 0 Å². The van der Waals surface area contributed by atoms with Gasteiger partial charge in [-0.25, -0.2) is 9.13 Å². The minimum Gasteiger partial charge on any atom is -0.356 e. The number of hydrogen-bond acceptors (Lipinski definition) is 5. The summed E-state index contributed by atoms with van der Waals surface area (Å²) in [6.45, 7) is 7.70. The van der Waals surface area contributed by atoms with Crippen LogP contribution in [-0.4, -0.2) is 20.9 Å². The number of aryl methyl sites for hydroxylation is 1. The van der Waals surface area contributed by atoms with Gasteiger partial charge in [-0.2, -0.15) is 4.31 Å². The molecular weight excluding hydrogens is 392 g/mol. The van der Waals surface area contributed by atoms with Crippen molar-refractivity contribution in [1.82, 2.24) is 0 Å². The van der Waals surface area contributed by atoms with Crippen molar-refractivity contribution in [3.63, 3.8) is 0 Å². The highest BCUT2D eigenvalue weighted by molar-refractivity contribution is 7.60. The van der Waals surface area contributed by atoms with Crippen LogP contribution < -0.4 is 5.32 Å². The van der Waals surface area contributed by atoms with E-state index in [4.69, 9.17) is 14.3 Å². The van der Waals surface area contributed by atoms with Gasteiger partial charge >= 0.3 is 15.6 Å². The molecule has 0 bridgehead atoms. The van der Waals surface area contributed by atoms with Crippen LogP contribution in [0, 0.1) is 6.92 Å². The molecular formula is C17H27NO7P2. The molecule has 10 heteroatoms. The normalized spacial score (nSPS) is 15.7. The van der Waals surface area contributed by atoms with E-state index in [0.717, 1.165) is 17.6 Å². The summed E-state index contributed by atoms with van der Waals surface area (Å²) >= 11 is 0. The molecule has 2 atom stereocenters. The molecule has 0 radical (unpaired) electrons. The van der Waals surface area contributed by atoms with Crippen LogP contribution in [0.2, 0.25) is 0 Å². The maximum atomic E-state index is 11.9. The fourth-order valence-electron chi connectivity index (χ4n) is 2.22. The quantitative estimate of drug-likeness (QED) is 0.245. The zero-order valence-electron chi connectivity index (χ0n) is 15.8. The maximum Gasteiger partial charge on any atom is 0.483 e. The molecule has 0 saturated carbocycles. The van der Waals surface area contributed by atoms with Crippen molar-refractivity contribution in [1.29, 1.82) is 0 Å². The largest absolute Gasteiger partial charge is 0.483 e. The standard InChI is InChI=1S/C17H27NO7P2/c1-13(2)7-5-8-15(4)12-17(18-16-10-6-9-14(3)11-16)24-27(22,23)25-26(19,20)21/h6-7,9-12,17-18H,5,8H2,1-4H3,(H,22,23)(H2,19,20,21)/b15-12+. The van der Waals surface area contributed by atoms with E-state index < -0.39 is 21.9 Å². The van der Waals surface area contributed by atoms with E-state index in [9.17, 15) is 14.0 Å². The van der Waals surface area contributed by atoms with Crippen LogP contribution >= 0.6 is 15.6 Å². The number of phosphoric acid groups is 2. The highest BCUT2D eigenvalue weighted by Crippen LogP contribution is 2.58. The van der Waals surface area contributed by atoms with Crippen LogP contribution in [0.5, 0.6) is 0 Å². The number of phosphoric ester groups is 1. The second-order valence-corrected chi connectivity index (χ2v) is 9.20. The molecule has 0 spiro atoms. The highest BCUT2D eigenvalue weighted by Gasteiger charge is 2.34. The van der Waals surface area contributed by atoms with E-state index in [-0.39, 0.29) is 0 Å². The van der Waals surface area contributed by atoms with Crippen molar-refractivity contribution in [3.05, 3.63) is 53.1 Å². The average Bonchev–Trinajstić information content (AvgIpc) is 2.43. The molecule has 8 nitrogen and oxygen atoms in total. The van der Waals surface area contributed by atoms with Crippen LogP contribution in [0.3, 0.4) is 0 Å². The Balaban J connectivity index is 2.99. The molecule has 2 unspecified atom stereocenters. The van der Waals surface area contributed by atoms with Crippen LogP contribution in [0.1, 0.15) is 39.2 Å². The van der Waals surface area contributed by atoms with Gasteiger partial charge in [0.2, 0.25) is 0 Å². The first-order valence-electron chi connectivity index (χ1n) is 8.28. The van der Waals surface area contributed by atoms with Crippen molar-refractivity contribution in [2.75, 3.05) is 5.32 Å². The smallest absolute Gasteiger partial charge is 0.356 e. The van der Waals surface area contributed by atoms with Crippen molar-refractivity contribution in [2.45, 2.75) is 46.8 Å². The predicted octanol–water partition coefficient (Wildman–Crippen LogP) is 4.65. The molecule has 0 fully saturated rings. The van der Waals surface area contributed by atoms with Gasteiger partial charge in [-0.1, -0.05) is 29.4 Å². The topological polar surface area (TPSA) is 125 Å². The van der Waals surface area contributed by atoms with Gasteiger partial charge in [0.1, 0.15) is 0 Å². The van der Waals surface area contributed by atoms with Gasteiger partial charge < -0.3 is 20.0 Å². The molecule has 0 heterocycles. The Bertz CT molecular complexity index is 781. The van der Waals surface area contributed by atoms with Crippen molar-refractivity contribution >= 4 is 21.3 Å². The zero-order valence-corrected chi connectivity index (χ0v) is 17.6. The highest BCUT2D eigenvalue weighted by atomic mass is 31.3. The van der Waals surface area contributed by atoms with E-state index in [0.29, 0.717) is 12.1 Å². The van der Waals surface area contributed by atoms with E-state index in [1.54, 1.807) is 24.3 Å².